The lowest BCUT2D eigenvalue weighted by molar-refractivity contribution is -0.126. The summed E-state index contributed by atoms with van der Waals surface area (Å²) in [5, 5.41) is 4.00. The van der Waals surface area contributed by atoms with Gasteiger partial charge >= 0.3 is 0 Å². The second-order valence-electron chi connectivity index (χ2n) is 7.25. The summed E-state index contributed by atoms with van der Waals surface area (Å²) in [7, 11) is 2.17. The number of likely N-dealkylation sites (tertiary alicyclic amines) is 1. The molecule has 1 aromatic carbocycles. The average Bonchev–Trinajstić information content (AvgIpc) is 3.06. The van der Waals surface area contributed by atoms with Gasteiger partial charge in [-0.15, -0.1) is 0 Å². The molecular formula is C19H27ClN2O. The summed E-state index contributed by atoms with van der Waals surface area (Å²) >= 11 is 6.01. The van der Waals surface area contributed by atoms with E-state index in [0.717, 1.165) is 55.9 Å². The van der Waals surface area contributed by atoms with E-state index in [-0.39, 0.29) is 11.3 Å². The van der Waals surface area contributed by atoms with Crippen molar-refractivity contribution in [2.45, 2.75) is 43.9 Å². The van der Waals surface area contributed by atoms with Crippen LogP contribution < -0.4 is 5.32 Å². The minimum atomic E-state index is -0.337. The first kappa shape index (κ1) is 16.8. The van der Waals surface area contributed by atoms with Crippen LogP contribution in [0.15, 0.2) is 24.3 Å². The van der Waals surface area contributed by atoms with E-state index in [1.807, 2.05) is 24.3 Å². The number of carbonyl (C=O) groups excluding carboxylic acids is 1. The third kappa shape index (κ3) is 3.72. The molecule has 4 heteroatoms. The summed E-state index contributed by atoms with van der Waals surface area (Å²) in [6.45, 7) is 3.10. The summed E-state index contributed by atoms with van der Waals surface area (Å²) in [4.78, 5) is 15.4. The number of rotatable bonds is 4. The number of halogens is 1. The number of nitrogens with zero attached hydrogens (tertiary/aromatic N) is 1. The molecule has 3 nitrogen and oxygen atoms in total. The quantitative estimate of drug-likeness (QED) is 0.912. The molecule has 0 spiro atoms. The van der Waals surface area contributed by atoms with Gasteiger partial charge in [0.05, 0.1) is 5.41 Å². The summed E-state index contributed by atoms with van der Waals surface area (Å²) in [6.07, 6.45) is 6.53. The highest BCUT2D eigenvalue weighted by molar-refractivity contribution is 6.30. The average molecular weight is 335 g/mol. The van der Waals surface area contributed by atoms with Crippen LogP contribution in [0.5, 0.6) is 0 Å². The molecule has 0 bridgehead atoms. The van der Waals surface area contributed by atoms with Gasteiger partial charge in [-0.3, -0.25) is 4.79 Å². The minimum absolute atomic E-state index is 0.219. The molecular weight excluding hydrogens is 308 g/mol. The molecule has 1 saturated heterocycles. The molecule has 2 fully saturated rings. The molecule has 0 atom stereocenters. The van der Waals surface area contributed by atoms with Gasteiger partial charge in [0.1, 0.15) is 0 Å². The molecule has 1 amide bonds. The molecule has 3 rings (SSSR count). The van der Waals surface area contributed by atoms with E-state index < -0.39 is 0 Å². The van der Waals surface area contributed by atoms with E-state index in [1.54, 1.807) is 0 Å². The van der Waals surface area contributed by atoms with Gasteiger partial charge in [0.2, 0.25) is 5.91 Å². The Bertz CT molecular complexity index is 529. The summed E-state index contributed by atoms with van der Waals surface area (Å²) in [5.41, 5.74) is 0.788. The number of piperidine rings is 1. The van der Waals surface area contributed by atoms with Crippen LogP contribution in [0.1, 0.15) is 44.1 Å². The first-order chi connectivity index (χ1) is 11.1. The molecule has 1 aromatic rings. The third-order valence-corrected chi connectivity index (χ3v) is 5.93. The summed E-state index contributed by atoms with van der Waals surface area (Å²) in [5.74, 6) is 0.843. The second kappa shape index (κ2) is 7.23. The van der Waals surface area contributed by atoms with Crippen LogP contribution in [0.4, 0.5) is 0 Å². The van der Waals surface area contributed by atoms with Gasteiger partial charge in [0, 0.05) is 11.6 Å². The Labute approximate surface area is 144 Å². The molecule has 1 saturated carbocycles. The Balaban J connectivity index is 1.66. The Kier molecular flexibility index (Phi) is 5.27. The molecule has 0 unspecified atom stereocenters. The maximum Gasteiger partial charge on any atom is 0.230 e. The lowest BCUT2D eigenvalue weighted by Gasteiger charge is -2.32. The predicted molar refractivity (Wildman–Crippen MR) is 94.8 cm³/mol. The van der Waals surface area contributed by atoms with Gasteiger partial charge in [0.15, 0.2) is 0 Å². The number of hydrogen-bond donors (Lipinski definition) is 1. The maximum atomic E-state index is 13.0. The Morgan fingerprint density at radius 3 is 2.43 bits per heavy atom. The van der Waals surface area contributed by atoms with Crippen LogP contribution in [0.25, 0.3) is 0 Å². The van der Waals surface area contributed by atoms with Crippen molar-refractivity contribution >= 4 is 17.5 Å². The summed E-state index contributed by atoms with van der Waals surface area (Å²) < 4.78 is 0. The third-order valence-electron chi connectivity index (χ3n) is 5.68. The van der Waals surface area contributed by atoms with E-state index in [1.165, 1.54) is 12.8 Å². The molecule has 1 N–H and O–H groups in total. The van der Waals surface area contributed by atoms with Crippen molar-refractivity contribution in [1.29, 1.82) is 0 Å². The Morgan fingerprint density at radius 2 is 1.83 bits per heavy atom. The van der Waals surface area contributed by atoms with Crippen LogP contribution in [-0.2, 0) is 10.2 Å². The minimum Gasteiger partial charge on any atom is -0.355 e. The fraction of sp³-hybridized carbons (Fsp3) is 0.632. The highest BCUT2D eigenvalue weighted by Gasteiger charge is 2.42. The maximum absolute atomic E-state index is 13.0. The second-order valence-corrected chi connectivity index (χ2v) is 7.69. The largest absolute Gasteiger partial charge is 0.355 e. The normalized spacial score (nSPS) is 22.2. The van der Waals surface area contributed by atoms with E-state index >= 15 is 0 Å². The SMILES string of the molecule is CN1CCC(CNC(=O)C2(c3ccc(Cl)cc3)CCCC2)CC1. The molecule has 0 aromatic heterocycles. The number of benzene rings is 1. The van der Waals surface area contributed by atoms with Crippen molar-refractivity contribution in [3.8, 4) is 0 Å². The van der Waals surface area contributed by atoms with Gasteiger partial charge in [-0.05, 0) is 69.4 Å². The highest BCUT2D eigenvalue weighted by Crippen LogP contribution is 2.41. The zero-order chi connectivity index (χ0) is 16.3. The fourth-order valence-corrected chi connectivity index (χ4v) is 4.19. The molecule has 0 radical (unpaired) electrons. The monoisotopic (exact) mass is 334 g/mol. The lowest BCUT2D eigenvalue weighted by atomic mass is 9.78. The van der Waals surface area contributed by atoms with Crippen LogP contribution in [0, 0.1) is 5.92 Å². The van der Waals surface area contributed by atoms with Crippen molar-refractivity contribution in [2.75, 3.05) is 26.7 Å². The number of hydrogen-bond acceptors (Lipinski definition) is 2. The lowest BCUT2D eigenvalue weighted by Crippen LogP contribution is -2.45. The van der Waals surface area contributed by atoms with Crippen LogP contribution in [-0.4, -0.2) is 37.5 Å². The van der Waals surface area contributed by atoms with Gasteiger partial charge < -0.3 is 10.2 Å². The Hall–Kier alpha value is -1.06. The van der Waals surface area contributed by atoms with Crippen molar-refractivity contribution in [3.05, 3.63) is 34.9 Å². The van der Waals surface area contributed by atoms with Crippen molar-refractivity contribution in [3.63, 3.8) is 0 Å². The van der Waals surface area contributed by atoms with Gasteiger partial charge in [-0.2, -0.15) is 0 Å². The molecule has 1 aliphatic carbocycles. The number of nitrogens with one attached hydrogen (secondary N) is 1. The summed E-state index contributed by atoms with van der Waals surface area (Å²) in [6, 6.07) is 7.87. The van der Waals surface area contributed by atoms with Gasteiger partial charge in [-0.25, -0.2) is 0 Å². The van der Waals surface area contributed by atoms with E-state index in [0.29, 0.717) is 5.92 Å². The standard InChI is InChI=1S/C19H27ClN2O/c1-22-12-8-15(9-13-22)14-21-18(23)19(10-2-3-11-19)16-4-6-17(20)7-5-16/h4-7,15H,2-3,8-14H2,1H3,(H,21,23). The smallest absolute Gasteiger partial charge is 0.230 e. The number of carbonyl (C=O) groups is 1. The predicted octanol–water partition coefficient (Wildman–Crippen LogP) is 3.61. The fourth-order valence-electron chi connectivity index (χ4n) is 4.07. The first-order valence-electron chi connectivity index (χ1n) is 8.83. The van der Waals surface area contributed by atoms with Gasteiger partial charge in [-0.1, -0.05) is 36.6 Å². The van der Waals surface area contributed by atoms with Gasteiger partial charge in [0.25, 0.3) is 0 Å². The van der Waals surface area contributed by atoms with E-state index in [2.05, 4.69) is 17.3 Å². The zero-order valence-corrected chi connectivity index (χ0v) is 14.7. The van der Waals surface area contributed by atoms with Crippen molar-refractivity contribution in [1.82, 2.24) is 10.2 Å². The topological polar surface area (TPSA) is 32.3 Å². The molecule has 126 valence electrons. The highest BCUT2D eigenvalue weighted by atomic mass is 35.5. The van der Waals surface area contributed by atoms with Crippen LogP contribution >= 0.6 is 11.6 Å². The molecule has 1 heterocycles. The molecule has 23 heavy (non-hydrogen) atoms. The van der Waals surface area contributed by atoms with Crippen molar-refractivity contribution in [2.24, 2.45) is 5.92 Å². The molecule has 1 aliphatic heterocycles. The van der Waals surface area contributed by atoms with Crippen LogP contribution in [0.2, 0.25) is 5.02 Å². The Morgan fingerprint density at radius 1 is 1.22 bits per heavy atom. The van der Waals surface area contributed by atoms with E-state index in [4.69, 9.17) is 11.6 Å². The van der Waals surface area contributed by atoms with Crippen molar-refractivity contribution < 1.29 is 4.79 Å². The zero-order valence-electron chi connectivity index (χ0n) is 14.0. The number of amides is 1. The van der Waals surface area contributed by atoms with E-state index in [9.17, 15) is 4.79 Å². The first-order valence-corrected chi connectivity index (χ1v) is 9.21. The molecule has 2 aliphatic rings. The van der Waals surface area contributed by atoms with Crippen LogP contribution in [0.3, 0.4) is 0 Å².